The normalized spacial score (nSPS) is 15.2. The highest BCUT2D eigenvalue weighted by Crippen LogP contribution is 2.36. The summed E-state index contributed by atoms with van der Waals surface area (Å²) in [4.78, 5) is 11.4. The highest BCUT2D eigenvalue weighted by atomic mass is 35.5. The van der Waals surface area contributed by atoms with Crippen molar-refractivity contribution in [2.75, 3.05) is 25.1 Å². The molecule has 3 aromatic rings. The first kappa shape index (κ1) is 17.3. The zero-order chi connectivity index (χ0) is 17.9. The minimum atomic E-state index is 0.511. The maximum Gasteiger partial charge on any atom is 0.131 e. The van der Waals surface area contributed by atoms with Crippen LogP contribution in [0.25, 0.3) is 11.3 Å². The Bertz CT molecular complexity index is 890. The fraction of sp³-hybridized carbons (Fsp3) is 0.300. The van der Waals surface area contributed by atoms with Crippen LogP contribution in [0.2, 0.25) is 5.15 Å². The molecule has 134 valence electrons. The molecule has 1 aliphatic heterocycles. The lowest BCUT2D eigenvalue weighted by Crippen LogP contribution is -2.32. The van der Waals surface area contributed by atoms with Crippen LogP contribution in [0.3, 0.4) is 0 Å². The Morgan fingerprint density at radius 2 is 2.00 bits per heavy atom. The van der Waals surface area contributed by atoms with Crippen molar-refractivity contribution in [2.24, 2.45) is 0 Å². The molecule has 0 spiro atoms. The van der Waals surface area contributed by atoms with E-state index < -0.39 is 0 Å². The van der Waals surface area contributed by atoms with Crippen molar-refractivity contribution in [1.29, 1.82) is 0 Å². The second-order valence-corrected chi connectivity index (χ2v) is 7.65. The van der Waals surface area contributed by atoms with E-state index in [-0.39, 0.29) is 0 Å². The third kappa shape index (κ3) is 3.55. The Labute approximate surface area is 162 Å². The van der Waals surface area contributed by atoms with E-state index >= 15 is 0 Å². The van der Waals surface area contributed by atoms with Crippen LogP contribution in [0, 0.1) is 0 Å². The van der Waals surface area contributed by atoms with E-state index in [0.29, 0.717) is 11.1 Å². The van der Waals surface area contributed by atoms with Crippen LogP contribution in [0.4, 0.5) is 5.69 Å². The number of methoxy groups -OCH3 is 1. The van der Waals surface area contributed by atoms with Crippen molar-refractivity contribution in [2.45, 2.75) is 18.8 Å². The summed E-state index contributed by atoms with van der Waals surface area (Å²) in [5.74, 6) is 1.38. The summed E-state index contributed by atoms with van der Waals surface area (Å²) in [6, 6.07) is 12.0. The van der Waals surface area contributed by atoms with Gasteiger partial charge in [-0.1, -0.05) is 23.7 Å². The molecule has 1 aromatic carbocycles. The smallest absolute Gasteiger partial charge is 0.131 e. The molecule has 26 heavy (non-hydrogen) atoms. The van der Waals surface area contributed by atoms with E-state index in [0.717, 1.165) is 48.6 Å². The lowest BCUT2D eigenvalue weighted by atomic mass is 9.97. The van der Waals surface area contributed by atoms with Crippen molar-refractivity contribution < 1.29 is 4.74 Å². The number of rotatable bonds is 4. The molecule has 0 amide bonds. The predicted octanol–water partition coefficient (Wildman–Crippen LogP) is 5.25. The Hall–Kier alpha value is -2.11. The molecule has 4 nitrogen and oxygen atoms in total. The first-order valence-corrected chi connectivity index (χ1v) is 9.95. The molecule has 0 N–H and O–H groups in total. The van der Waals surface area contributed by atoms with E-state index in [1.54, 1.807) is 24.6 Å². The molecular weight excluding hydrogens is 366 g/mol. The zero-order valence-electron chi connectivity index (χ0n) is 14.6. The monoisotopic (exact) mass is 385 g/mol. The van der Waals surface area contributed by atoms with Crippen molar-refractivity contribution >= 4 is 28.6 Å². The summed E-state index contributed by atoms with van der Waals surface area (Å²) in [6.45, 7) is 2.02. The van der Waals surface area contributed by atoms with E-state index in [2.05, 4.69) is 21.3 Å². The van der Waals surface area contributed by atoms with Gasteiger partial charge in [0.05, 0.1) is 17.8 Å². The third-order valence-electron chi connectivity index (χ3n) is 4.82. The van der Waals surface area contributed by atoms with Gasteiger partial charge in [0.25, 0.3) is 0 Å². The van der Waals surface area contributed by atoms with Crippen LogP contribution in [0.5, 0.6) is 5.75 Å². The quantitative estimate of drug-likeness (QED) is 0.575. The minimum absolute atomic E-state index is 0.511. The summed E-state index contributed by atoms with van der Waals surface area (Å²) in [7, 11) is 1.70. The summed E-state index contributed by atoms with van der Waals surface area (Å²) in [5, 5.41) is 3.91. The first-order valence-electron chi connectivity index (χ1n) is 8.70. The van der Waals surface area contributed by atoms with Crippen LogP contribution in [-0.2, 0) is 0 Å². The fourth-order valence-corrected chi connectivity index (χ4v) is 4.59. The number of benzene rings is 1. The van der Waals surface area contributed by atoms with E-state index in [1.807, 2.05) is 30.3 Å². The summed E-state index contributed by atoms with van der Waals surface area (Å²) in [5.41, 5.74) is 3.21. The molecule has 0 unspecified atom stereocenters. The lowest BCUT2D eigenvalue weighted by Gasteiger charge is -2.32. The number of piperidine rings is 1. The van der Waals surface area contributed by atoms with Crippen molar-refractivity contribution in [3.05, 3.63) is 58.1 Å². The van der Waals surface area contributed by atoms with Gasteiger partial charge < -0.3 is 9.64 Å². The maximum atomic E-state index is 6.02. The second-order valence-electron chi connectivity index (χ2n) is 6.37. The molecule has 0 bridgehead atoms. The van der Waals surface area contributed by atoms with Crippen molar-refractivity contribution in [3.8, 4) is 17.0 Å². The van der Waals surface area contributed by atoms with Gasteiger partial charge in [-0.05, 0) is 37.1 Å². The molecule has 3 heterocycles. The topological polar surface area (TPSA) is 38.2 Å². The molecule has 0 atom stereocenters. The highest BCUT2D eigenvalue weighted by Gasteiger charge is 2.24. The molecule has 6 heteroatoms. The Balaban J connectivity index is 1.46. The summed E-state index contributed by atoms with van der Waals surface area (Å²) in [6.07, 6.45) is 3.96. The van der Waals surface area contributed by atoms with Gasteiger partial charge in [0, 0.05) is 41.8 Å². The number of nitrogens with zero attached hydrogens (tertiary/aromatic N) is 3. The van der Waals surface area contributed by atoms with Crippen LogP contribution in [0.1, 0.15) is 23.8 Å². The van der Waals surface area contributed by atoms with Crippen LogP contribution < -0.4 is 9.64 Å². The van der Waals surface area contributed by atoms with Crippen molar-refractivity contribution in [3.63, 3.8) is 0 Å². The molecule has 0 aliphatic carbocycles. The number of pyridine rings is 1. The van der Waals surface area contributed by atoms with Gasteiger partial charge in [-0.15, -0.1) is 11.3 Å². The number of thiazole rings is 1. The fourth-order valence-electron chi connectivity index (χ4n) is 3.43. The molecule has 0 saturated carbocycles. The van der Waals surface area contributed by atoms with Gasteiger partial charge >= 0.3 is 0 Å². The Morgan fingerprint density at radius 1 is 1.19 bits per heavy atom. The SMILES string of the molecule is COc1ccccc1-c1csc(C2CCN(c3ccnc(Cl)c3)CC2)n1. The van der Waals surface area contributed by atoms with Gasteiger partial charge in [-0.3, -0.25) is 0 Å². The molecule has 1 fully saturated rings. The van der Waals surface area contributed by atoms with Crippen molar-refractivity contribution in [1.82, 2.24) is 9.97 Å². The average molecular weight is 386 g/mol. The standard InChI is InChI=1S/C20H20ClN3OS/c1-25-18-5-3-2-4-16(18)17-13-26-20(23-17)14-7-10-24(11-8-14)15-6-9-22-19(21)12-15/h2-6,9,12-14H,7-8,10-11H2,1H3. The molecule has 4 rings (SSSR count). The number of anilines is 1. The van der Waals surface area contributed by atoms with E-state index in [9.17, 15) is 0 Å². The predicted molar refractivity (Wildman–Crippen MR) is 108 cm³/mol. The molecule has 1 aliphatic rings. The first-order chi connectivity index (χ1) is 12.7. The van der Waals surface area contributed by atoms with Gasteiger partial charge in [0.15, 0.2) is 0 Å². The average Bonchev–Trinajstić information content (AvgIpc) is 3.18. The number of ether oxygens (including phenoxy) is 1. The molecular formula is C20H20ClN3OS. The van der Waals surface area contributed by atoms with Crippen LogP contribution in [-0.4, -0.2) is 30.2 Å². The van der Waals surface area contributed by atoms with Gasteiger partial charge in [0.1, 0.15) is 10.9 Å². The van der Waals surface area contributed by atoms with Gasteiger partial charge in [0.2, 0.25) is 0 Å². The number of para-hydroxylation sites is 1. The van der Waals surface area contributed by atoms with Crippen LogP contribution >= 0.6 is 22.9 Å². The highest BCUT2D eigenvalue weighted by molar-refractivity contribution is 7.10. The van der Waals surface area contributed by atoms with Gasteiger partial charge in [-0.2, -0.15) is 0 Å². The minimum Gasteiger partial charge on any atom is -0.496 e. The Morgan fingerprint density at radius 3 is 2.77 bits per heavy atom. The number of halogens is 1. The van der Waals surface area contributed by atoms with Gasteiger partial charge in [-0.25, -0.2) is 9.97 Å². The molecule has 0 radical (unpaired) electrons. The summed E-state index contributed by atoms with van der Waals surface area (Å²) < 4.78 is 5.47. The Kier molecular flexibility index (Phi) is 5.09. The summed E-state index contributed by atoms with van der Waals surface area (Å²) >= 11 is 7.77. The van der Waals surface area contributed by atoms with E-state index in [4.69, 9.17) is 21.3 Å². The maximum absolute atomic E-state index is 6.02. The van der Waals surface area contributed by atoms with Crippen LogP contribution in [0.15, 0.2) is 48.0 Å². The zero-order valence-corrected chi connectivity index (χ0v) is 16.1. The number of hydrogen-bond donors (Lipinski definition) is 0. The largest absolute Gasteiger partial charge is 0.496 e. The molecule has 2 aromatic heterocycles. The lowest BCUT2D eigenvalue weighted by molar-refractivity contribution is 0.416. The number of hydrogen-bond acceptors (Lipinski definition) is 5. The third-order valence-corrected chi connectivity index (χ3v) is 6.04. The van der Waals surface area contributed by atoms with E-state index in [1.165, 1.54) is 5.01 Å². The second kappa shape index (κ2) is 7.64. The molecule has 1 saturated heterocycles. The number of aromatic nitrogens is 2.